The highest BCUT2D eigenvalue weighted by atomic mass is 16.5. The first-order valence-electron chi connectivity index (χ1n) is 7.88. The molecule has 1 unspecified atom stereocenters. The molecule has 0 aliphatic carbocycles. The molecule has 1 saturated heterocycles. The summed E-state index contributed by atoms with van der Waals surface area (Å²) in [5.41, 5.74) is 6.08. The SMILES string of the molecule is CCOC(=O)c1ccccc1NNC(=O)C1CCCN1C(=O)NC. The lowest BCUT2D eigenvalue weighted by molar-refractivity contribution is -0.124. The van der Waals surface area contributed by atoms with Crippen molar-refractivity contribution in [1.82, 2.24) is 15.6 Å². The number of anilines is 1. The zero-order valence-corrected chi connectivity index (χ0v) is 13.8. The van der Waals surface area contributed by atoms with Gasteiger partial charge in [0, 0.05) is 13.6 Å². The van der Waals surface area contributed by atoms with Crippen molar-refractivity contribution in [3.63, 3.8) is 0 Å². The highest BCUT2D eigenvalue weighted by Gasteiger charge is 2.33. The Bertz CT molecular complexity index is 620. The summed E-state index contributed by atoms with van der Waals surface area (Å²) in [7, 11) is 1.53. The lowest BCUT2D eigenvalue weighted by Gasteiger charge is -2.23. The molecule has 1 aliphatic heterocycles. The van der Waals surface area contributed by atoms with Crippen LogP contribution in [0.25, 0.3) is 0 Å². The van der Waals surface area contributed by atoms with Crippen LogP contribution < -0.4 is 16.2 Å². The highest BCUT2D eigenvalue weighted by molar-refractivity contribution is 5.96. The third-order valence-electron chi connectivity index (χ3n) is 3.77. The van der Waals surface area contributed by atoms with Crippen molar-refractivity contribution in [2.24, 2.45) is 0 Å². The first kappa shape index (κ1) is 17.6. The fraction of sp³-hybridized carbons (Fsp3) is 0.438. The number of hydrogen-bond donors (Lipinski definition) is 3. The molecule has 0 aromatic heterocycles. The molecule has 1 heterocycles. The maximum absolute atomic E-state index is 12.3. The van der Waals surface area contributed by atoms with Gasteiger partial charge in [-0.15, -0.1) is 0 Å². The number of hydrazine groups is 1. The number of hydrogen-bond acceptors (Lipinski definition) is 5. The summed E-state index contributed by atoms with van der Waals surface area (Å²) in [5.74, 6) is -0.794. The van der Waals surface area contributed by atoms with E-state index in [1.807, 2.05) is 0 Å². The Labute approximate surface area is 140 Å². The van der Waals surface area contributed by atoms with Crippen LogP contribution in [0.3, 0.4) is 0 Å². The summed E-state index contributed by atoms with van der Waals surface area (Å²) in [5, 5.41) is 2.53. The van der Waals surface area contributed by atoms with E-state index in [0.29, 0.717) is 24.2 Å². The normalized spacial score (nSPS) is 16.4. The van der Waals surface area contributed by atoms with Gasteiger partial charge in [0.1, 0.15) is 6.04 Å². The zero-order chi connectivity index (χ0) is 17.5. The Hall–Kier alpha value is -2.77. The van der Waals surface area contributed by atoms with Crippen molar-refractivity contribution in [3.05, 3.63) is 29.8 Å². The minimum atomic E-state index is -0.535. The van der Waals surface area contributed by atoms with Crippen LogP contribution in [0, 0.1) is 0 Å². The molecule has 3 amide bonds. The Kier molecular flexibility index (Phi) is 6.00. The zero-order valence-electron chi connectivity index (χ0n) is 13.8. The number of nitrogens with zero attached hydrogens (tertiary/aromatic N) is 1. The van der Waals surface area contributed by atoms with Crippen LogP contribution in [0.15, 0.2) is 24.3 Å². The molecule has 1 fully saturated rings. The molecule has 0 radical (unpaired) electrons. The second-order valence-corrected chi connectivity index (χ2v) is 5.29. The number of esters is 1. The first-order valence-corrected chi connectivity index (χ1v) is 7.88. The largest absolute Gasteiger partial charge is 0.462 e. The van der Waals surface area contributed by atoms with E-state index in [4.69, 9.17) is 4.74 Å². The van der Waals surface area contributed by atoms with Crippen LogP contribution in [0.1, 0.15) is 30.1 Å². The molecule has 1 aliphatic rings. The summed E-state index contributed by atoms with van der Waals surface area (Å²) >= 11 is 0. The van der Waals surface area contributed by atoms with E-state index < -0.39 is 12.0 Å². The number of likely N-dealkylation sites (tertiary alicyclic amines) is 1. The van der Waals surface area contributed by atoms with Gasteiger partial charge < -0.3 is 15.0 Å². The van der Waals surface area contributed by atoms with Crippen LogP contribution in [0.5, 0.6) is 0 Å². The number of rotatable bonds is 5. The number of para-hydroxylation sites is 1. The summed E-state index contributed by atoms with van der Waals surface area (Å²) in [6.07, 6.45) is 1.37. The van der Waals surface area contributed by atoms with Crippen molar-refractivity contribution in [2.45, 2.75) is 25.8 Å². The van der Waals surface area contributed by atoms with Gasteiger partial charge in [-0.2, -0.15) is 0 Å². The topological polar surface area (TPSA) is 99.8 Å². The van der Waals surface area contributed by atoms with Crippen LogP contribution in [0.2, 0.25) is 0 Å². The van der Waals surface area contributed by atoms with Crippen LogP contribution >= 0.6 is 0 Å². The van der Waals surface area contributed by atoms with E-state index in [1.54, 1.807) is 31.2 Å². The van der Waals surface area contributed by atoms with Gasteiger partial charge in [-0.25, -0.2) is 9.59 Å². The smallest absolute Gasteiger partial charge is 0.340 e. The van der Waals surface area contributed by atoms with Gasteiger partial charge in [0.15, 0.2) is 0 Å². The molecule has 8 heteroatoms. The molecule has 24 heavy (non-hydrogen) atoms. The number of nitrogens with one attached hydrogen (secondary N) is 3. The lowest BCUT2D eigenvalue weighted by atomic mass is 10.2. The van der Waals surface area contributed by atoms with Crippen molar-refractivity contribution in [1.29, 1.82) is 0 Å². The van der Waals surface area contributed by atoms with E-state index in [2.05, 4.69) is 16.2 Å². The average Bonchev–Trinajstić information content (AvgIpc) is 3.09. The molecule has 0 saturated carbocycles. The quantitative estimate of drug-likeness (QED) is 0.553. The standard InChI is InChI=1S/C16H22N4O4/c1-3-24-15(22)11-7-4-5-8-12(11)18-19-14(21)13-9-6-10-20(13)16(23)17-2/h4-5,7-8,13,18H,3,6,9-10H2,1-2H3,(H,17,23)(H,19,21). The number of carbonyl (C=O) groups excluding carboxylic acids is 3. The number of ether oxygens (including phenoxy) is 1. The predicted molar refractivity (Wildman–Crippen MR) is 88.3 cm³/mol. The van der Waals surface area contributed by atoms with Gasteiger partial charge >= 0.3 is 12.0 Å². The third kappa shape index (κ3) is 3.95. The van der Waals surface area contributed by atoms with Gasteiger partial charge in [-0.3, -0.25) is 15.6 Å². The van der Waals surface area contributed by atoms with Crippen molar-refractivity contribution in [2.75, 3.05) is 25.6 Å². The fourth-order valence-corrected chi connectivity index (χ4v) is 2.62. The first-order chi connectivity index (χ1) is 11.6. The van der Waals surface area contributed by atoms with Crippen LogP contribution in [0.4, 0.5) is 10.5 Å². The van der Waals surface area contributed by atoms with Gasteiger partial charge in [0.25, 0.3) is 5.91 Å². The minimum Gasteiger partial charge on any atom is -0.462 e. The second kappa shape index (κ2) is 8.19. The Balaban J connectivity index is 2.02. The van der Waals surface area contributed by atoms with Crippen LogP contribution in [-0.2, 0) is 9.53 Å². The molecule has 3 N–H and O–H groups in total. The monoisotopic (exact) mass is 334 g/mol. The summed E-state index contributed by atoms with van der Waals surface area (Å²) in [6.45, 7) is 2.53. The van der Waals surface area contributed by atoms with Gasteiger partial charge in [-0.1, -0.05) is 12.1 Å². The lowest BCUT2D eigenvalue weighted by Crippen LogP contribution is -2.50. The van der Waals surface area contributed by atoms with Gasteiger partial charge in [0.2, 0.25) is 0 Å². The number of urea groups is 1. The van der Waals surface area contributed by atoms with E-state index in [9.17, 15) is 14.4 Å². The van der Waals surface area contributed by atoms with Crippen molar-refractivity contribution < 1.29 is 19.1 Å². The molecule has 8 nitrogen and oxygen atoms in total. The molecule has 0 spiro atoms. The molecule has 130 valence electrons. The van der Waals surface area contributed by atoms with Crippen molar-refractivity contribution >= 4 is 23.6 Å². The molecule has 1 aromatic carbocycles. The highest BCUT2D eigenvalue weighted by Crippen LogP contribution is 2.18. The van der Waals surface area contributed by atoms with E-state index >= 15 is 0 Å². The Morgan fingerprint density at radius 1 is 1.29 bits per heavy atom. The predicted octanol–water partition coefficient (Wildman–Crippen LogP) is 1.11. The number of amides is 3. The summed E-state index contributed by atoms with van der Waals surface area (Å²) < 4.78 is 4.99. The summed E-state index contributed by atoms with van der Waals surface area (Å²) in [6, 6.07) is 5.91. The van der Waals surface area contributed by atoms with E-state index in [0.717, 1.165) is 6.42 Å². The Morgan fingerprint density at radius 3 is 2.75 bits per heavy atom. The van der Waals surface area contributed by atoms with Crippen LogP contribution in [-0.4, -0.2) is 49.0 Å². The fourth-order valence-electron chi connectivity index (χ4n) is 2.62. The molecule has 2 rings (SSSR count). The van der Waals surface area contributed by atoms with Gasteiger partial charge in [-0.05, 0) is 31.9 Å². The maximum Gasteiger partial charge on any atom is 0.340 e. The molecule has 1 atom stereocenters. The molecular formula is C16H22N4O4. The molecular weight excluding hydrogens is 312 g/mol. The second-order valence-electron chi connectivity index (χ2n) is 5.29. The Morgan fingerprint density at radius 2 is 2.04 bits per heavy atom. The van der Waals surface area contributed by atoms with Gasteiger partial charge in [0.05, 0.1) is 17.9 Å². The minimum absolute atomic E-state index is 0.267. The summed E-state index contributed by atoms with van der Waals surface area (Å²) in [4.78, 5) is 37.5. The van der Waals surface area contributed by atoms with Crippen molar-refractivity contribution in [3.8, 4) is 0 Å². The number of carbonyl (C=O) groups is 3. The molecule has 0 bridgehead atoms. The molecule has 1 aromatic rings. The number of benzene rings is 1. The maximum atomic E-state index is 12.3. The third-order valence-corrected chi connectivity index (χ3v) is 3.77. The van der Waals surface area contributed by atoms with E-state index in [1.165, 1.54) is 11.9 Å². The average molecular weight is 334 g/mol. The van der Waals surface area contributed by atoms with E-state index in [-0.39, 0.29) is 18.5 Å².